The summed E-state index contributed by atoms with van der Waals surface area (Å²) in [5, 5.41) is 0.673. The Bertz CT molecular complexity index is 234. The molecule has 0 unspecified atom stereocenters. The van der Waals surface area contributed by atoms with Gasteiger partial charge in [-0.15, -0.1) is 0 Å². The minimum Gasteiger partial charge on any atom is -0.466 e. The van der Waals surface area contributed by atoms with Crippen LogP contribution in [0.1, 0.15) is 45.4 Å². The molecule has 0 spiro atoms. The first-order valence-corrected chi connectivity index (χ1v) is 7.06. The molecule has 0 atom stereocenters. The van der Waals surface area contributed by atoms with E-state index in [1.807, 2.05) is 0 Å². The minimum absolute atomic E-state index is 0.171. The molecule has 0 aromatic carbocycles. The first kappa shape index (κ1) is 13.6. The van der Waals surface area contributed by atoms with Gasteiger partial charge in [0.05, 0.1) is 18.8 Å². The van der Waals surface area contributed by atoms with Crippen LogP contribution in [-0.2, 0) is 14.3 Å². The number of ether oxygens (including phenoxy) is 1. The van der Waals surface area contributed by atoms with Crippen LogP contribution >= 0.6 is 11.8 Å². The molecule has 0 heterocycles. The Morgan fingerprint density at radius 2 is 1.94 bits per heavy atom. The van der Waals surface area contributed by atoms with Gasteiger partial charge in [0.25, 0.3) is 0 Å². The van der Waals surface area contributed by atoms with Crippen LogP contribution in [0.5, 0.6) is 0 Å². The van der Waals surface area contributed by atoms with E-state index in [-0.39, 0.29) is 18.2 Å². The van der Waals surface area contributed by atoms with Crippen molar-refractivity contribution in [1.82, 2.24) is 0 Å². The van der Waals surface area contributed by atoms with Crippen molar-refractivity contribution in [3.05, 3.63) is 0 Å². The van der Waals surface area contributed by atoms with Crippen molar-refractivity contribution in [2.24, 2.45) is 0 Å². The molecule has 0 saturated heterocycles. The maximum atomic E-state index is 11.5. The Morgan fingerprint density at radius 1 is 1.25 bits per heavy atom. The van der Waals surface area contributed by atoms with Gasteiger partial charge >= 0.3 is 5.97 Å². The molecule has 0 bridgehead atoms. The topological polar surface area (TPSA) is 43.4 Å². The number of Topliss-reactive ketones (excluding diaryl/α,β-unsaturated/α-hetero) is 1. The molecule has 0 aromatic heterocycles. The van der Waals surface area contributed by atoms with Gasteiger partial charge in [-0.2, -0.15) is 11.8 Å². The van der Waals surface area contributed by atoms with E-state index in [2.05, 4.69) is 0 Å². The highest BCUT2D eigenvalue weighted by molar-refractivity contribution is 8.00. The van der Waals surface area contributed by atoms with Crippen molar-refractivity contribution in [1.29, 1.82) is 0 Å². The number of carbonyl (C=O) groups is 2. The SMILES string of the molecule is CCOC(=O)CCC(=O)CSC1CCCC1. The second kappa shape index (κ2) is 7.71. The van der Waals surface area contributed by atoms with E-state index in [4.69, 9.17) is 4.74 Å². The molecule has 1 aliphatic rings. The summed E-state index contributed by atoms with van der Waals surface area (Å²) in [7, 11) is 0. The molecule has 0 amide bonds. The van der Waals surface area contributed by atoms with Gasteiger partial charge in [-0.3, -0.25) is 9.59 Å². The fraction of sp³-hybridized carbons (Fsp3) is 0.833. The molecule has 4 heteroatoms. The standard InChI is InChI=1S/C12H20O3S/c1-2-15-12(14)8-7-10(13)9-16-11-5-3-4-6-11/h11H,2-9H2,1H3. The number of esters is 1. The molecule has 0 aromatic rings. The quantitative estimate of drug-likeness (QED) is 0.646. The molecule has 0 radical (unpaired) electrons. The maximum Gasteiger partial charge on any atom is 0.306 e. The molecule has 0 N–H and O–H groups in total. The summed E-state index contributed by atoms with van der Waals surface area (Å²) in [5.74, 6) is 0.469. The zero-order valence-electron chi connectivity index (χ0n) is 9.87. The third-order valence-electron chi connectivity index (χ3n) is 2.70. The Morgan fingerprint density at radius 3 is 2.56 bits per heavy atom. The number of carbonyl (C=O) groups excluding carboxylic acids is 2. The van der Waals surface area contributed by atoms with E-state index in [0.29, 0.717) is 24.0 Å². The zero-order valence-corrected chi connectivity index (χ0v) is 10.7. The van der Waals surface area contributed by atoms with E-state index in [0.717, 1.165) is 0 Å². The average Bonchev–Trinajstić information content (AvgIpc) is 2.77. The summed E-state index contributed by atoms with van der Waals surface area (Å²) in [6, 6.07) is 0. The Hall–Kier alpha value is -0.510. The number of thioether (sulfide) groups is 1. The fourth-order valence-electron chi connectivity index (χ4n) is 1.81. The van der Waals surface area contributed by atoms with Gasteiger partial charge in [-0.1, -0.05) is 12.8 Å². The van der Waals surface area contributed by atoms with Crippen LogP contribution in [0.15, 0.2) is 0 Å². The van der Waals surface area contributed by atoms with Gasteiger partial charge in [0.1, 0.15) is 5.78 Å². The summed E-state index contributed by atoms with van der Waals surface area (Å²) in [6.45, 7) is 2.17. The van der Waals surface area contributed by atoms with Gasteiger partial charge in [0.2, 0.25) is 0 Å². The second-order valence-electron chi connectivity index (χ2n) is 4.06. The van der Waals surface area contributed by atoms with Crippen LogP contribution in [0.3, 0.4) is 0 Å². The van der Waals surface area contributed by atoms with Crippen LogP contribution in [0.2, 0.25) is 0 Å². The lowest BCUT2D eigenvalue weighted by Gasteiger charge is -2.07. The lowest BCUT2D eigenvalue weighted by atomic mass is 10.2. The predicted octanol–water partition coefficient (Wildman–Crippen LogP) is 2.57. The van der Waals surface area contributed by atoms with E-state index in [1.165, 1.54) is 25.7 Å². The maximum absolute atomic E-state index is 11.5. The second-order valence-corrected chi connectivity index (χ2v) is 5.35. The summed E-state index contributed by atoms with van der Waals surface area (Å²) in [4.78, 5) is 22.5. The molecule has 1 fully saturated rings. The monoisotopic (exact) mass is 244 g/mol. The van der Waals surface area contributed by atoms with Crippen LogP contribution in [0.4, 0.5) is 0 Å². The van der Waals surface area contributed by atoms with Gasteiger partial charge in [0.15, 0.2) is 0 Å². The molecule has 0 aliphatic heterocycles. The van der Waals surface area contributed by atoms with E-state index >= 15 is 0 Å². The van der Waals surface area contributed by atoms with Crippen molar-refractivity contribution < 1.29 is 14.3 Å². The molecule has 1 rings (SSSR count). The summed E-state index contributed by atoms with van der Waals surface area (Å²) in [6.07, 6.45) is 5.66. The van der Waals surface area contributed by atoms with Crippen molar-refractivity contribution >= 4 is 23.5 Å². The third kappa shape index (κ3) is 5.54. The van der Waals surface area contributed by atoms with Crippen molar-refractivity contribution in [3.63, 3.8) is 0 Å². The highest BCUT2D eigenvalue weighted by Gasteiger charge is 2.17. The summed E-state index contributed by atoms with van der Waals surface area (Å²) in [5.41, 5.74) is 0. The smallest absolute Gasteiger partial charge is 0.306 e. The molecule has 1 saturated carbocycles. The van der Waals surface area contributed by atoms with Gasteiger partial charge in [-0.05, 0) is 19.8 Å². The predicted molar refractivity (Wildman–Crippen MR) is 65.6 cm³/mol. The van der Waals surface area contributed by atoms with E-state index < -0.39 is 0 Å². The number of hydrogen-bond donors (Lipinski definition) is 0. The third-order valence-corrected chi connectivity index (χ3v) is 4.13. The summed E-state index contributed by atoms with van der Waals surface area (Å²) >= 11 is 1.76. The van der Waals surface area contributed by atoms with Crippen molar-refractivity contribution in [2.75, 3.05) is 12.4 Å². The number of ketones is 1. The molecular weight excluding hydrogens is 224 g/mol. The number of hydrogen-bond acceptors (Lipinski definition) is 4. The van der Waals surface area contributed by atoms with Crippen LogP contribution in [0.25, 0.3) is 0 Å². The molecule has 16 heavy (non-hydrogen) atoms. The Balaban J connectivity index is 2.04. The van der Waals surface area contributed by atoms with Gasteiger partial charge in [-0.25, -0.2) is 0 Å². The van der Waals surface area contributed by atoms with Crippen LogP contribution in [0, 0.1) is 0 Å². The van der Waals surface area contributed by atoms with Gasteiger partial charge in [0, 0.05) is 11.7 Å². The Kier molecular flexibility index (Phi) is 6.53. The summed E-state index contributed by atoms with van der Waals surface area (Å²) < 4.78 is 4.77. The fourth-order valence-corrected chi connectivity index (χ4v) is 3.05. The molecule has 1 aliphatic carbocycles. The van der Waals surface area contributed by atoms with Crippen LogP contribution < -0.4 is 0 Å². The first-order chi connectivity index (χ1) is 7.72. The lowest BCUT2D eigenvalue weighted by molar-refractivity contribution is -0.144. The molecular formula is C12H20O3S. The van der Waals surface area contributed by atoms with Crippen molar-refractivity contribution in [2.45, 2.75) is 50.7 Å². The van der Waals surface area contributed by atoms with Crippen molar-refractivity contribution in [3.8, 4) is 0 Å². The first-order valence-electron chi connectivity index (χ1n) is 6.01. The molecule has 92 valence electrons. The van der Waals surface area contributed by atoms with E-state index in [1.54, 1.807) is 18.7 Å². The lowest BCUT2D eigenvalue weighted by Crippen LogP contribution is -2.10. The Labute approximate surface area is 101 Å². The van der Waals surface area contributed by atoms with E-state index in [9.17, 15) is 9.59 Å². The number of rotatable bonds is 7. The normalized spacial score (nSPS) is 16.3. The highest BCUT2D eigenvalue weighted by atomic mass is 32.2. The van der Waals surface area contributed by atoms with Crippen LogP contribution in [-0.4, -0.2) is 29.4 Å². The average molecular weight is 244 g/mol. The zero-order chi connectivity index (χ0) is 11.8. The van der Waals surface area contributed by atoms with Gasteiger partial charge < -0.3 is 4.74 Å². The largest absolute Gasteiger partial charge is 0.466 e. The minimum atomic E-state index is -0.262. The highest BCUT2D eigenvalue weighted by Crippen LogP contribution is 2.29. The molecule has 3 nitrogen and oxygen atoms in total.